The van der Waals surface area contributed by atoms with Crippen molar-refractivity contribution in [3.8, 4) is 11.1 Å². The van der Waals surface area contributed by atoms with Crippen molar-refractivity contribution in [3.63, 3.8) is 0 Å². The van der Waals surface area contributed by atoms with Crippen LogP contribution < -0.4 is 16.4 Å². The van der Waals surface area contributed by atoms with Gasteiger partial charge in [0.25, 0.3) is 11.8 Å². The summed E-state index contributed by atoms with van der Waals surface area (Å²) in [7, 11) is 0. The van der Waals surface area contributed by atoms with Gasteiger partial charge in [0.2, 0.25) is 0 Å². The van der Waals surface area contributed by atoms with Crippen molar-refractivity contribution in [1.82, 2.24) is 4.98 Å². The molecule has 1 aliphatic rings. The minimum atomic E-state index is -0.637. The molecule has 5 rings (SSSR count). The highest BCUT2D eigenvalue weighted by Crippen LogP contribution is 2.30. The zero-order valence-corrected chi connectivity index (χ0v) is 22.0. The maximum Gasteiger partial charge on any atom is 0.307 e. The average Bonchev–Trinajstić information content (AvgIpc) is 3.39. The number of pyridine rings is 1. The normalized spacial score (nSPS) is 14.4. The lowest BCUT2D eigenvalue weighted by atomic mass is 9.95. The lowest BCUT2D eigenvalue weighted by Crippen LogP contribution is -2.14. The number of cyclic esters (lactones) is 1. The van der Waals surface area contributed by atoms with Gasteiger partial charge < -0.3 is 21.1 Å². The van der Waals surface area contributed by atoms with Crippen LogP contribution in [-0.2, 0) is 16.1 Å². The van der Waals surface area contributed by atoms with Crippen LogP contribution in [0.2, 0.25) is 0 Å². The van der Waals surface area contributed by atoms with E-state index >= 15 is 0 Å². The quantitative estimate of drug-likeness (QED) is 0.253. The number of hydrogen-bond donors (Lipinski definition) is 3. The Morgan fingerprint density at radius 3 is 2.50 bits per heavy atom. The van der Waals surface area contributed by atoms with Gasteiger partial charge >= 0.3 is 5.97 Å². The first kappa shape index (κ1) is 27.0. The molecular weight excluding hydrogens is 531 g/mol. The molecule has 40 heavy (non-hydrogen) atoms. The standard InChI is InChI=1S/C30H25FN4O4S/c31-26-16-33-11-10-27(26)35-30(38)20-4-5-21(15-32)25(13-20)18-2-1-3-19(12-18)29(37)34-22-6-8-23(9-7-22)40-24-14-28(36)39-17-24/h1-13,16,24H,14-15,17,32H2,(H,34,37)(H,33,35,38). The van der Waals surface area contributed by atoms with Crippen molar-refractivity contribution in [3.05, 3.63) is 108 Å². The first-order chi connectivity index (χ1) is 19.4. The van der Waals surface area contributed by atoms with Crippen LogP contribution in [0, 0.1) is 5.82 Å². The van der Waals surface area contributed by atoms with Crippen molar-refractivity contribution < 1.29 is 23.5 Å². The van der Waals surface area contributed by atoms with Crippen LogP contribution in [0.4, 0.5) is 15.8 Å². The SMILES string of the molecule is NCc1ccc(C(=O)Nc2ccncc2F)cc1-c1cccc(C(=O)Nc2ccc(SC3COC(=O)C3)cc2)c1. The van der Waals surface area contributed by atoms with Crippen LogP contribution in [0.1, 0.15) is 32.7 Å². The smallest absolute Gasteiger partial charge is 0.307 e. The van der Waals surface area contributed by atoms with Gasteiger partial charge in [-0.2, -0.15) is 0 Å². The molecule has 1 aliphatic heterocycles. The molecule has 1 fully saturated rings. The van der Waals surface area contributed by atoms with Crippen LogP contribution in [0.15, 0.2) is 90.1 Å². The number of amides is 2. The first-order valence-corrected chi connectivity index (χ1v) is 13.4. The number of nitrogens with zero attached hydrogens (tertiary/aromatic N) is 1. The summed E-state index contributed by atoms with van der Waals surface area (Å²) in [5.74, 6) is -1.61. The van der Waals surface area contributed by atoms with Gasteiger partial charge in [-0.05, 0) is 71.3 Å². The molecule has 3 aromatic carbocycles. The van der Waals surface area contributed by atoms with Gasteiger partial charge in [-0.15, -0.1) is 11.8 Å². The number of halogens is 1. The van der Waals surface area contributed by atoms with Crippen molar-refractivity contribution >= 4 is 40.9 Å². The number of benzene rings is 3. The Hall–Kier alpha value is -4.54. The molecule has 0 bridgehead atoms. The Kier molecular flexibility index (Phi) is 8.18. The topological polar surface area (TPSA) is 123 Å². The number of ether oxygens (including phenoxy) is 1. The number of carbonyl (C=O) groups excluding carboxylic acids is 3. The lowest BCUT2D eigenvalue weighted by molar-refractivity contribution is -0.137. The molecule has 0 saturated carbocycles. The summed E-state index contributed by atoms with van der Waals surface area (Å²) in [6.45, 7) is 0.624. The summed E-state index contributed by atoms with van der Waals surface area (Å²) in [4.78, 5) is 41.9. The predicted octanol–water partition coefficient (Wildman–Crippen LogP) is 5.26. The van der Waals surface area contributed by atoms with Gasteiger partial charge in [-0.1, -0.05) is 18.2 Å². The summed E-state index contributed by atoms with van der Waals surface area (Å²) < 4.78 is 19.0. The molecule has 0 aliphatic carbocycles. The molecule has 1 unspecified atom stereocenters. The van der Waals surface area contributed by atoms with Gasteiger partial charge in [0, 0.05) is 34.5 Å². The fourth-order valence-electron chi connectivity index (χ4n) is 4.24. The highest BCUT2D eigenvalue weighted by atomic mass is 32.2. The highest BCUT2D eigenvalue weighted by molar-refractivity contribution is 8.00. The number of thioether (sulfide) groups is 1. The maximum absolute atomic E-state index is 14.0. The zero-order chi connectivity index (χ0) is 28.1. The van der Waals surface area contributed by atoms with E-state index < -0.39 is 11.7 Å². The number of carbonyl (C=O) groups is 3. The van der Waals surface area contributed by atoms with Crippen LogP contribution >= 0.6 is 11.8 Å². The molecule has 1 saturated heterocycles. The zero-order valence-electron chi connectivity index (χ0n) is 21.2. The molecule has 4 N–H and O–H groups in total. The number of rotatable bonds is 8. The second-order valence-electron chi connectivity index (χ2n) is 9.07. The summed E-state index contributed by atoms with van der Waals surface area (Å²) in [5.41, 5.74) is 9.54. The van der Waals surface area contributed by atoms with Gasteiger partial charge in [0.1, 0.15) is 6.61 Å². The molecule has 8 nitrogen and oxygen atoms in total. The fraction of sp³-hybridized carbons (Fsp3) is 0.133. The van der Waals surface area contributed by atoms with Crippen molar-refractivity contribution in [2.45, 2.75) is 23.1 Å². The Morgan fingerprint density at radius 2 is 1.77 bits per heavy atom. The summed E-state index contributed by atoms with van der Waals surface area (Å²) in [5, 5.41) is 5.55. The van der Waals surface area contributed by atoms with E-state index in [0.29, 0.717) is 41.0 Å². The first-order valence-electron chi connectivity index (χ1n) is 12.5. The van der Waals surface area contributed by atoms with Crippen molar-refractivity contribution in [2.24, 2.45) is 5.73 Å². The van der Waals surface area contributed by atoms with E-state index in [2.05, 4.69) is 15.6 Å². The van der Waals surface area contributed by atoms with Crippen LogP contribution in [0.25, 0.3) is 11.1 Å². The molecule has 1 aromatic heterocycles. The summed E-state index contributed by atoms with van der Waals surface area (Å²) in [6.07, 6.45) is 2.81. The molecule has 2 amide bonds. The maximum atomic E-state index is 14.0. The number of aromatic nitrogens is 1. The molecule has 1 atom stereocenters. The Labute approximate surface area is 234 Å². The molecule has 4 aromatic rings. The van der Waals surface area contributed by atoms with E-state index in [4.69, 9.17) is 10.5 Å². The van der Waals surface area contributed by atoms with Gasteiger partial charge in [0.15, 0.2) is 5.82 Å². The molecular formula is C30H25FN4O4S. The van der Waals surface area contributed by atoms with Gasteiger partial charge in [-0.3, -0.25) is 19.4 Å². The van der Waals surface area contributed by atoms with E-state index in [9.17, 15) is 18.8 Å². The highest BCUT2D eigenvalue weighted by Gasteiger charge is 2.24. The monoisotopic (exact) mass is 556 g/mol. The minimum Gasteiger partial charge on any atom is -0.464 e. The number of anilines is 2. The average molecular weight is 557 g/mol. The van der Waals surface area contributed by atoms with E-state index in [-0.39, 0.29) is 29.4 Å². The molecule has 202 valence electrons. The number of nitrogens with one attached hydrogen (secondary N) is 2. The Balaban J connectivity index is 1.31. The van der Waals surface area contributed by atoms with Gasteiger partial charge in [-0.25, -0.2) is 4.39 Å². The summed E-state index contributed by atoms with van der Waals surface area (Å²) in [6, 6.07) is 20.8. The van der Waals surface area contributed by atoms with E-state index in [1.807, 2.05) is 30.3 Å². The third-order valence-corrected chi connectivity index (χ3v) is 7.47. The van der Waals surface area contributed by atoms with E-state index in [1.165, 1.54) is 12.3 Å². The number of esters is 1. The third-order valence-electron chi connectivity index (χ3n) is 6.29. The van der Waals surface area contributed by atoms with E-state index in [0.717, 1.165) is 16.7 Å². The van der Waals surface area contributed by atoms with Crippen LogP contribution in [-0.4, -0.2) is 34.6 Å². The second-order valence-corrected chi connectivity index (χ2v) is 10.4. The lowest BCUT2D eigenvalue weighted by Gasteiger charge is -2.13. The molecule has 0 radical (unpaired) electrons. The number of hydrogen-bond acceptors (Lipinski definition) is 7. The van der Waals surface area contributed by atoms with Crippen molar-refractivity contribution in [2.75, 3.05) is 17.2 Å². The van der Waals surface area contributed by atoms with Crippen LogP contribution in [0.3, 0.4) is 0 Å². The Bertz CT molecular complexity index is 1580. The molecule has 2 heterocycles. The van der Waals surface area contributed by atoms with Crippen molar-refractivity contribution in [1.29, 1.82) is 0 Å². The van der Waals surface area contributed by atoms with Crippen LogP contribution in [0.5, 0.6) is 0 Å². The summed E-state index contributed by atoms with van der Waals surface area (Å²) >= 11 is 1.57. The largest absolute Gasteiger partial charge is 0.464 e. The van der Waals surface area contributed by atoms with Gasteiger partial charge in [0.05, 0.1) is 23.6 Å². The predicted molar refractivity (Wildman–Crippen MR) is 152 cm³/mol. The second kappa shape index (κ2) is 12.1. The molecule has 10 heteroatoms. The Morgan fingerprint density at radius 1 is 1.00 bits per heavy atom. The minimum absolute atomic E-state index is 0.0254. The molecule has 0 spiro atoms. The number of nitrogens with two attached hydrogens (primary N) is 1. The van der Waals surface area contributed by atoms with E-state index in [1.54, 1.807) is 48.2 Å². The third kappa shape index (κ3) is 6.36. The fourth-order valence-corrected chi connectivity index (χ4v) is 5.27.